The van der Waals surface area contributed by atoms with Crippen LogP contribution in [0.3, 0.4) is 0 Å². The van der Waals surface area contributed by atoms with E-state index >= 15 is 0 Å². The Hall–Kier alpha value is -1.99. The third-order valence-corrected chi connectivity index (χ3v) is 2.67. The van der Waals surface area contributed by atoms with Gasteiger partial charge in [0.15, 0.2) is 0 Å². The number of ether oxygens (including phenoxy) is 2. The summed E-state index contributed by atoms with van der Waals surface area (Å²) >= 11 is 0. The maximum absolute atomic E-state index is 13.1. The normalized spacial score (nSPS) is 11.9. The van der Waals surface area contributed by atoms with E-state index in [0.29, 0.717) is 12.2 Å². The van der Waals surface area contributed by atoms with Gasteiger partial charge in [-0.05, 0) is 17.7 Å². The number of carbonyl (C=O) groups excluding carboxylic acids is 2. The van der Waals surface area contributed by atoms with E-state index in [9.17, 15) is 14.0 Å². The second-order valence-corrected chi connectivity index (χ2v) is 4.40. The fourth-order valence-corrected chi connectivity index (χ4v) is 1.67. The molecular weight excluding hydrogens is 279 g/mol. The molecule has 0 radical (unpaired) electrons. The van der Waals surface area contributed by atoms with Crippen LogP contribution in [0, 0.1) is 5.82 Å². The Kier molecular flexibility index (Phi) is 7.34. The quantitative estimate of drug-likeness (QED) is 0.628. The van der Waals surface area contributed by atoms with E-state index in [1.807, 2.05) is 0 Å². The van der Waals surface area contributed by atoms with Crippen LogP contribution in [-0.2, 0) is 25.5 Å². The van der Waals surface area contributed by atoms with Crippen molar-refractivity contribution in [1.82, 2.24) is 5.32 Å². The number of methoxy groups -OCH3 is 1. The van der Waals surface area contributed by atoms with Gasteiger partial charge in [-0.3, -0.25) is 9.59 Å². The second-order valence-electron chi connectivity index (χ2n) is 4.40. The zero-order valence-electron chi connectivity index (χ0n) is 11.8. The minimum atomic E-state index is -0.912. The summed E-state index contributed by atoms with van der Waals surface area (Å²) in [6.45, 7) is 0.446. The Morgan fingerprint density at radius 1 is 1.38 bits per heavy atom. The predicted octanol–water partition coefficient (Wildman–Crippen LogP) is 0.00130. The highest BCUT2D eigenvalue weighted by molar-refractivity contribution is 5.87. The third kappa shape index (κ3) is 6.82. The molecule has 0 aliphatic heterocycles. The summed E-state index contributed by atoms with van der Waals surface area (Å²) in [5, 5.41) is 2.46. The largest absolute Gasteiger partial charge is 0.382 e. The number of benzene rings is 1. The van der Waals surface area contributed by atoms with Crippen molar-refractivity contribution in [2.75, 3.05) is 26.9 Å². The number of primary amides is 1. The van der Waals surface area contributed by atoms with Crippen molar-refractivity contribution in [1.29, 1.82) is 0 Å². The molecule has 0 aromatic heterocycles. The molecule has 1 rings (SSSR count). The predicted molar refractivity (Wildman–Crippen MR) is 73.9 cm³/mol. The summed E-state index contributed by atoms with van der Waals surface area (Å²) in [4.78, 5) is 23.0. The molecule has 0 fully saturated rings. The Bertz CT molecular complexity index is 482. The maximum Gasteiger partial charge on any atom is 0.246 e. The summed E-state index contributed by atoms with van der Waals surface area (Å²) in [6, 6.07) is 4.85. The first-order valence-electron chi connectivity index (χ1n) is 6.42. The lowest BCUT2D eigenvalue weighted by Gasteiger charge is -2.15. The van der Waals surface area contributed by atoms with Gasteiger partial charge in [0, 0.05) is 13.5 Å². The van der Waals surface area contributed by atoms with Gasteiger partial charge in [-0.2, -0.15) is 0 Å². The van der Waals surface area contributed by atoms with Gasteiger partial charge in [-0.1, -0.05) is 12.1 Å². The monoisotopic (exact) mass is 298 g/mol. The van der Waals surface area contributed by atoms with Crippen molar-refractivity contribution in [3.8, 4) is 0 Å². The minimum Gasteiger partial charge on any atom is -0.382 e. The molecule has 1 atom stereocenters. The smallest absolute Gasteiger partial charge is 0.246 e. The first-order valence-corrected chi connectivity index (χ1v) is 6.42. The van der Waals surface area contributed by atoms with Crippen molar-refractivity contribution in [2.45, 2.75) is 12.5 Å². The lowest BCUT2D eigenvalue weighted by Crippen LogP contribution is -2.47. The average molecular weight is 298 g/mol. The molecule has 0 heterocycles. The molecule has 1 aromatic rings. The number of amides is 2. The Morgan fingerprint density at radius 2 is 2.14 bits per heavy atom. The Labute approximate surface area is 122 Å². The van der Waals surface area contributed by atoms with Crippen LogP contribution in [0.4, 0.5) is 4.39 Å². The highest BCUT2D eigenvalue weighted by atomic mass is 19.1. The summed E-state index contributed by atoms with van der Waals surface area (Å²) in [5.41, 5.74) is 5.81. The van der Waals surface area contributed by atoms with Gasteiger partial charge in [-0.25, -0.2) is 4.39 Å². The van der Waals surface area contributed by atoms with Crippen molar-refractivity contribution in [3.63, 3.8) is 0 Å². The van der Waals surface area contributed by atoms with Crippen LogP contribution in [0.15, 0.2) is 24.3 Å². The number of hydrogen-bond acceptors (Lipinski definition) is 4. The van der Waals surface area contributed by atoms with Crippen LogP contribution in [0.5, 0.6) is 0 Å². The lowest BCUT2D eigenvalue weighted by atomic mass is 10.1. The van der Waals surface area contributed by atoms with Crippen molar-refractivity contribution in [2.24, 2.45) is 5.73 Å². The minimum absolute atomic E-state index is 0.122. The molecular formula is C14H19FN2O4. The first kappa shape index (κ1) is 17.1. The van der Waals surface area contributed by atoms with Gasteiger partial charge >= 0.3 is 0 Å². The van der Waals surface area contributed by atoms with E-state index in [0.717, 1.165) is 0 Å². The molecule has 21 heavy (non-hydrogen) atoms. The molecule has 0 saturated heterocycles. The molecule has 7 heteroatoms. The van der Waals surface area contributed by atoms with Crippen LogP contribution in [0.25, 0.3) is 0 Å². The van der Waals surface area contributed by atoms with E-state index in [1.165, 1.54) is 25.3 Å². The molecule has 0 unspecified atom stereocenters. The van der Waals surface area contributed by atoms with Crippen molar-refractivity contribution < 1.29 is 23.5 Å². The third-order valence-electron chi connectivity index (χ3n) is 2.67. The Morgan fingerprint density at radius 3 is 2.76 bits per heavy atom. The number of hydrogen-bond donors (Lipinski definition) is 2. The van der Waals surface area contributed by atoms with Crippen LogP contribution in [0.1, 0.15) is 5.56 Å². The van der Waals surface area contributed by atoms with Crippen LogP contribution >= 0.6 is 0 Å². The number of nitrogens with two attached hydrogens (primary N) is 1. The van der Waals surface area contributed by atoms with E-state index in [4.69, 9.17) is 15.2 Å². The van der Waals surface area contributed by atoms with E-state index < -0.39 is 23.7 Å². The van der Waals surface area contributed by atoms with Gasteiger partial charge < -0.3 is 20.5 Å². The maximum atomic E-state index is 13.1. The number of nitrogens with one attached hydrogen (secondary N) is 1. The molecule has 0 aliphatic carbocycles. The zero-order valence-corrected chi connectivity index (χ0v) is 11.8. The SMILES string of the molecule is COCCOCC(=O)N[C@@H](Cc1cccc(F)c1)C(N)=O. The number of rotatable bonds is 9. The molecule has 6 nitrogen and oxygen atoms in total. The number of halogens is 1. The molecule has 0 aliphatic rings. The molecule has 0 spiro atoms. The highest BCUT2D eigenvalue weighted by Crippen LogP contribution is 2.06. The second kappa shape index (κ2) is 9.04. The molecule has 0 bridgehead atoms. The topological polar surface area (TPSA) is 90.7 Å². The van der Waals surface area contributed by atoms with Gasteiger partial charge in [0.25, 0.3) is 0 Å². The summed E-state index contributed by atoms with van der Waals surface area (Å²) in [5.74, 6) is -1.57. The number of carbonyl (C=O) groups is 2. The fourth-order valence-electron chi connectivity index (χ4n) is 1.67. The molecule has 2 amide bonds. The molecule has 0 saturated carbocycles. The van der Waals surface area contributed by atoms with Crippen LogP contribution < -0.4 is 11.1 Å². The van der Waals surface area contributed by atoms with Crippen LogP contribution in [0.2, 0.25) is 0 Å². The lowest BCUT2D eigenvalue weighted by molar-refractivity contribution is -0.130. The molecule has 116 valence electrons. The summed E-state index contributed by atoms with van der Waals surface area (Å²) < 4.78 is 22.9. The Balaban J connectivity index is 2.50. The summed E-state index contributed by atoms with van der Waals surface area (Å²) in [7, 11) is 1.52. The molecule has 3 N–H and O–H groups in total. The van der Waals surface area contributed by atoms with E-state index in [2.05, 4.69) is 5.32 Å². The van der Waals surface area contributed by atoms with E-state index in [1.54, 1.807) is 6.07 Å². The highest BCUT2D eigenvalue weighted by Gasteiger charge is 2.18. The van der Waals surface area contributed by atoms with E-state index in [-0.39, 0.29) is 19.6 Å². The van der Waals surface area contributed by atoms with Crippen molar-refractivity contribution >= 4 is 11.8 Å². The van der Waals surface area contributed by atoms with Crippen LogP contribution in [-0.4, -0.2) is 44.8 Å². The first-order chi connectivity index (χ1) is 10.0. The zero-order chi connectivity index (χ0) is 15.7. The average Bonchev–Trinajstić information content (AvgIpc) is 2.43. The van der Waals surface area contributed by atoms with Crippen molar-refractivity contribution in [3.05, 3.63) is 35.6 Å². The molecule has 1 aromatic carbocycles. The van der Waals surface area contributed by atoms with Gasteiger partial charge in [0.05, 0.1) is 13.2 Å². The summed E-state index contributed by atoms with van der Waals surface area (Å²) in [6.07, 6.45) is 0.122. The fraction of sp³-hybridized carbons (Fsp3) is 0.429. The van der Waals surface area contributed by atoms with Gasteiger partial charge in [0.1, 0.15) is 18.5 Å². The van der Waals surface area contributed by atoms with Gasteiger partial charge in [-0.15, -0.1) is 0 Å². The standard InChI is InChI=1S/C14H19FN2O4/c1-20-5-6-21-9-13(18)17-12(14(16)19)8-10-3-2-4-11(15)7-10/h2-4,7,12H,5-6,8-9H2,1H3,(H2,16,19)(H,17,18)/t12-/m0/s1. The van der Waals surface area contributed by atoms with Gasteiger partial charge in [0.2, 0.25) is 11.8 Å².